The van der Waals surface area contributed by atoms with Crippen LogP contribution in [-0.4, -0.2) is 31.6 Å². The van der Waals surface area contributed by atoms with Gasteiger partial charge in [-0.05, 0) is 52.9 Å². The number of methoxy groups -OCH3 is 1. The lowest BCUT2D eigenvalue weighted by Crippen LogP contribution is -2.47. The average molecular weight is 250 g/mol. The minimum atomic E-state index is -0.130. The van der Waals surface area contributed by atoms with Gasteiger partial charge in [0.2, 0.25) is 0 Å². The van der Waals surface area contributed by atoms with Gasteiger partial charge in [0.1, 0.15) is 5.75 Å². The summed E-state index contributed by atoms with van der Waals surface area (Å²) in [6, 6.07) is 4.09. The summed E-state index contributed by atoms with van der Waals surface area (Å²) < 4.78 is 5.55. The first-order valence-corrected chi connectivity index (χ1v) is 6.30. The number of likely N-dealkylation sites (N-methyl/N-ethyl adjacent to an activating group) is 1. The third kappa shape index (κ3) is 2.52. The zero-order valence-corrected chi connectivity index (χ0v) is 12.7. The maximum absolute atomic E-state index is 6.45. The second-order valence-corrected chi connectivity index (χ2v) is 5.66. The minimum Gasteiger partial charge on any atom is -0.496 e. The molecule has 1 aromatic rings. The van der Waals surface area contributed by atoms with Crippen molar-refractivity contribution in [2.45, 2.75) is 39.3 Å². The zero-order chi connectivity index (χ0) is 14.1. The van der Waals surface area contributed by atoms with Crippen LogP contribution in [0.2, 0.25) is 0 Å². The van der Waals surface area contributed by atoms with Crippen LogP contribution in [0.25, 0.3) is 0 Å². The Morgan fingerprint density at radius 2 is 1.78 bits per heavy atom. The summed E-state index contributed by atoms with van der Waals surface area (Å²) in [6.07, 6.45) is 0. The van der Waals surface area contributed by atoms with Crippen LogP contribution in [-0.2, 0) is 0 Å². The Balaban J connectivity index is 3.30. The van der Waals surface area contributed by atoms with E-state index in [1.165, 1.54) is 11.1 Å². The van der Waals surface area contributed by atoms with E-state index in [4.69, 9.17) is 10.5 Å². The normalized spacial score (nSPS) is 13.8. The number of benzene rings is 1. The molecule has 18 heavy (non-hydrogen) atoms. The summed E-state index contributed by atoms with van der Waals surface area (Å²) in [5, 5.41) is 0. The predicted octanol–water partition coefficient (Wildman–Crippen LogP) is 2.65. The van der Waals surface area contributed by atoms with Gasteiger partial charge < -0.3 is 15.4 Å². The summed E-state index contributed by atoms with van der Waals surface area (Å²) in [5.41, 5.74) is 9.78. The lowest BCUT2D eigenvalue weighted by Gasteiger charge is -2.39. The fourth-order valence-corrected chi connectivity index (χ4v) is 1.99. The van der Waals surface area contributed by atoms with Crippen LogP contribution in [0.15, 0.2) is 12.1 Å². The highest BCUT2D eigenvalue weighted by Gasteiger charge is 2.32. The van der Waals surface area contributed by atoms with E-state index in [2.05, 4.69) is 44.7 Å². The fourth-order valence-electron chi connectivity index (χ4n) is 1.99. The molecule has 0 aliphatic heterocycles. The van der Waals surface area contributed by atoms with Crippen molar-refractivity contribution in [1.29, 1.82) is 0 Å². The molecule has 1 aromatic carbocycles. The molecule has 1 atom stereocenters. The van der Waals surface area contributed by atoms with Gasteiger partial charge in [-0.1, -0.05) is 12.1 Å². The Kier molecular flexibility index (Phi) is 4.41. The van der Waals surface area contributed by atoms with Crippen molar-refractivity contribution in [3.8, 4) is 5.75 Å². The predicted molar refractivity (Wildman–Crippen MR) is 77.2 cm³/mol. The maximum Gasteiger partial charge on any atom is 0.126 e. The van der Waals surface area contributed by atoms with Gasteiger partial charge in [-0.15, -0.1) is 0 Å². The Hall–Kier alpha value is -1.06. The number of ether oxygens (including phenoxy) is 1. The van der Waals surface area contributed by atoms with Crippen LogP contribution in [0, 0.1) is 13.8 Å². The number of hydrogen-bond donors (Lipinski definition) is 1. The summed E-state index contributed by atoms with van der Waals surface area (Å²) in [6.45, 7) is 8.45. The molecule has 0 bridgehead atoms. The molecule has 0 saturated carbocycles. The second-order valence-electron chi connectivity index (χ2n) is 5.66. The highest BCUT2D eigenvalue weighted by Crippen LogP contribution is 2.36. The first-order chi connectivity index (χ1) is 8.23. The van der Waals surface area contributed by atoms with Gasteiger partial charge in [0.25, 0.3) is 0 Å². The molecule has 0 spiro atoms. The Morgan fingerprint density at radius 1 is 1.22 bits per heavy atom. The molecule has 0 amide bonds. The van der Waals surface area contributed by atoms with E-state index in [9.17, 15) is 0 Å². The van der Waals surface area contributed by atoms with Crippen LogP contribution < -0.4 is 10.5 Å². The van der Waals surface area contributed by atoms with E-state index < -0.39 is 0 Å². The molecule has 102 valence electrons. The molecule has 0 aliphatic carbocycles. The van der Waals surface area contributed by atoms with Gasteiger partial charge in [-0.2, -0.15) is 0 Å². The Bertz CT molecular complexity index is 425. The van der Waals surface area contributed by atoms with Gasteiger partial charge in [0.15, 0.2) is 0 Å². The summed E-state index contributed by atoms with van der Waals surface area (Å²) in [4.78, 5) is 2.15. The zero-order valence-electron chi connectivity index (χ0n) is 12.7. The smallest absolute Gasteiger partial charge is 0.126 e. The average Bonchev–Trinajstić information content (AvgIpc) is 2.31. The molecule has 0 aromatic heterocycles. The van der Waals surface area contributed by atoms with Gasteiger partial charge >= 0.3 is 0 Å². The van der Waals surface area contributed by atoms with E-state index in [0.717, 1.165) is 11.3 Å². The molecule has 0 fully saturated rings. The van der Waals surface area contributed by atoms with Crippen LogP contribution in [0.5, 0.6) is 5.75 Å². The third-order valence-corrected chi connectivity index (χ3v) is 4.16. The monoisotopic (exact) mass is 250 g/mol. The van der Waals surface area contributed by atoms with Crippen molar-refractivity contribution in [3.63, 3.8) is 0 Å². The molecule has 3 heteroatoms. The quantitative estimate of drug-likeness (QED) is 0.893. The molecule has 0 radical (unpaired) electrons. The molecule has 3 nitrogen and oxygen atoms in total. The van der Waals surface area contributed by atoms with E-state index >= 15 is 0 Å². The Labute approximate surface area is 111 Å². The van der Waals surface area contributed by atoms with Gasteiger partial charge in [-0.25, -0.2) is 0 Å². The first-order valence-electron chi connectivity index (χ1n) is 6.30. The maximum atomic E-state index is 6.45. The van der Waals surface area contributed by atoms with Gasteiger partial charge in [-0.3, -0.25) is 0 Å². The molecule has 0 heterocycles. The summed E-state index contributed by atoms with van der Waals surface area (Å²) in [7, 11) is 5.81. The second kappa shape index (κ2) is 5.29. The van der Waals surface area contributed by atoms with Crippen LogP contribution >= 0.6 is 0 Å². The van der Waals surface area contributed by atoms with Crippen LogP contribution in [0.4, 0.5) is 0 Å². The highest BCUT2D eigenvalue weighted by atomic mass is 16.5. The van der Waals surface area contributed by atoms with Crippen molar-refractivity contribution in [1.82, 2.24) is 4.90 Å². The fraction of sp³-hybridized carbons (Fsp3) is 0.600. The molecule has 0 saturated heterocycles. The molecule has 2 N–H and O–H groups in total. The van der Waals surface area contributed by atoms with Crippen molar-refractivity contribution >= 4 is 0 Å². The van der Waals surface area contributed by atoms with Crippen molar-refractivity contribution in [2.24, 2.45) is 5.73 Å². The summed E-state index contributed by atoms with van der Waals surface area (Å²) >= 11 is 0. The number of rotatable bonds is 4. The first kappa shape index (κ1) is 15.0. The molecule has 1 unspecified atom stereocenters. The van der Waals surface area contributed by atoms with E-state index in [-0.39, 0.29) is 11.6 Å². The molecular weight excluding hydrogens is 224 g/mol. The van der Waals surface area contributed by atoms with E-state index in [0.29, 0.717) is 0 Å². The molecule has 0 aliphatic rings. The van der Waals surface area contributed by atoms with Crippen molar-refractivity contribution < 1.29 is 4.74 Å². The van der Waals surface area contributed by atoms with Crippen molar-refractivity contribution in [2.75, 3.05) is 21.2 Å². The lowest BCUT2D eigenvalue weighted by atomic mass is 9.86. The number of nitrogens with zero attached hydrogens (tertiary/aromatic N) is 1. The standard InChI is InChI=1S/C15H26N2O/c1-10-8-9-12(13(18-7)11(10)2)14(16)15(3,4)17(5)6/h8-9,14H,16H2,1-7H3. The van der Waals surface area contributed by atoms with Gasteiger partial charge in [0.05, 0.1) is 13.2 Å². The highest BCUT2D eigenvalue weighted by molar-refractivity contribution is 5.47. The summed E-state index contributed by atoms with van der Waals surface area (Å²) in [5.74, 6) is 0.914. The number of hydrogen-bond acceptors (Lipinski definition) is 3. The lowest BCUT2D eigenvalue weighted by molar-refractivity contribution is 0.157. The molecule has 1 rings (SSSR count). The topological polar surface area (TPSA) is 38.5 Å². The largest absolute Gasteiger partial charge is 0.496 e. The Morgan fingerprint density at radius 3 is 2.22 bits per heavy atom. The number of aryl methyl sites for hydroxylation is 1. The molecular formula is C15H26N2O. The SMILES string of the molecule is COc1c(C(N)C(C)(C)N(C)C)ccc(C)c1C. The number of nitrogens with two attached hydrogens (primary N) is 1. The minimum absolute atomic E-state index is 0.0956. The van der Waals surface area contributed by atoms with Crippen molar-refractivity contribution in [3.05, 3.63) is 28.8 Å². The van der Waals surface area contributed by atoms with E-state index in [1.807, 2.05) is 14.1 Å². The van der Waals surface area contributed by atoms with E-state index in [1.54, 1.807) is 7.11 Å². The van der Waals surface area contributed by atoms with Gasteiger partial charge in [0, 0.05) is 11.1 Å². The third-order valence-electron chi connectivity index (χ3n) is 4.16. The van der Waals surface area contributed by atoms with Crippen LogP contribution in [0.3, 0.4) is 0 Å². The van der Waals surface area contributed by atoms with Crippen LogP contribution in [0.1, 0.15) is 36.6 Å².